The molecule has 0 saturated heterocycles. The summed E-state index contributed by atoms with van der Waals surface area (Å²) in [6.07, 6.45) is 6.48. The molecule has 6 nitrogen and oxygen atoms in total. The van der Waals surface area contributed by atoms with E-state index in [0.717, 1.165) is 18.9 Å². The van der Waals surface area contributed by atoms with Gasteiger partial charge in [-0.05, 0) is 24.7 Å². The molecular formula is C19H21F2N5O. The third-order valence-electron chi connectivity index (χ3n) is 5.75. The number of imidazole rings is 1. The average molecular weight is 373 g/mol. The Balaban J connectivity index is 1.53. The molecule has 2 aromatic heterocycles. The number of halogens is 2. The van der Waals surface area contributed by atoms with E-state index in [4.69, 9.17) is 0 Å². The molecule has 0 aliphatic heterocycles. The molecule has 0 spiro atoms. The van der Waals surface area contributed by atoms with Crippen molar-refractivity contribution in [1.82, 2.24) is 19.7 Å². The summed E-state index contributed by atoms with van der Waals surface area (Å²) in [4.78, 5) is 16.8. The van der Waals surface area contributed by atoms with Gasteiger partial charge in [0.25, 0.3) is 0 Å². The summed E-state index contributed by atoms with van der Waals surface area (Å²) in [6, 6.07) is 2.42. The Morgan fingerprint density at radius 3 is 2.85 bits per heavy atom. The number of rotatable bonds is 4. The Bertz CT molecular complexity index is 968. The van der Waals surface area contributed by atoms with E-state index < -0.39 is 11.6 Å². The van der Waals surface area contributed by atoms with Crippen LogP contribution in [0.5, 0.6) is 0 Å². The number of nitrogens with one attached hydrogen (secondary N) is 2. The highest BCUT2D eigenvalue weighted by molar-refractivity contribution is 5.92. The molecule has 8 heteroatoms. The van der Waals surface area contributed by atoms with Gasteiger partial charge >= 0.3 is 0 Å². The lowest BCUT2D eigenvalue weighted by atomic mass is 9.85. The van der Waals surface area contributed by atoms with Gasteiger partial charge in [0.1, 0.15) is 0 Å². The fourth-order valence-corrected chi connectivity index (χ4v) is 4.25. The fourth-order valence-electron chi connectivity index (χ4n) is 4.25. The minimum atomic E-state index is -0.894. The van der Waals surface area contributed by atoms with Gasteiger partial charge in [0.2, 0.25) is 5.91 Å². The third kappa shape index (κ3) is 3.20. The lowest BCUT2D eigenvalue weighted by Gasteiger charge is -2.22. The van der Waals surface area contributed by atoms with E-state index in [1.165, 1.54) is 6.07 Å². The van der Waals surface area contributed by atoms with Crippen LogP contribution in [0.1, 0.15) is 32.7 Å². The van der Waals surface area contributed by atoms with Gasteiger partial charge in [-0.2, -0.15) is 5.10 Å². The third-order valence-corrected chi connectivity index (χ3v) is 5.75. The highest BCUT2D eigenvalue weighted by atomic mass is 19.2. The molecule has 3 aromatic rings. The molecule has 0 radical (unpaired) electrons. The standard InChI is InChI=1S/C19H21F2N5O/c1-10-3-13(26-9-22-17-5-15(20)16(21)6-18(17)26)4-14(10)11(2)19(27)25-12-7-23-24-8-12/h5-11,13-14H,3-4H2,1-2H3,(H,23,24)(H,25,27). The second-order valence-corrected chi connectivity index (χ2v) is 7.44. The van der Waals surface area contributed by atoms with Gasteiger partial charge in [-0.1, -0.05) is 13.8 Å². The van der Waals surface area contributed by atoms with E-state index in [2.05, 4.69) is 27.4 Å². The van der Waals surface area contributed by atoms with E-state index in [0.29, 0.717) is 22.6 Å². The van der Waals surface area contributed by atoms with Crippen molar-refractivity contribution in [2.24, 2.45) is 17.8 Å². The quantitative estimate of drug-likeness (QED) is 0.728. The number of carbonyl (C=O) groups excluding carboxylic acids is 1. The van der Waals surface area contributed by atoms with E-state index in [1.54, 1.807) is 18.7 Å². The van der Waals surface area contributed by atoms with Crippen molar-refractivity contribution in [1.29, 1.82) is 0 Å². The topological polar surface area (TPSA) is 75.6 Å². The predicted molar refractivity (Wildman–Crippen MR) is 97.0 cm³/mol. The molecule has 1 aliphatic rings. The molecule has 1 saturated carbocycles. The smallest absolute Gasteiger partial charge is 0.227 e. The number of anilines is 1. The lowest BCUT2D eigenvalue weighted by molar-refractivity contribution is -0.121. The summed E-state index contributed by atoms with van der Waals surface area (Å²) < 4.78 is 29.0. The molecule has 4 unspecified atom stereocenters. The van der Waals surface area contributed by atoms with Crippen LogP contribution in [-0.2, 0) is 4.79 Å². The number of hydrogen-bond donors (Lipinski definition) is 2. The summed E-state index contributed by atoms with van der Waals surface area (Å²) in [5.74, 6) is -1.48. The molecule has 1 aliphatic carbocycles. The zero-order chi connectivity index (χ0) is 19.1. The van der Waals surface area contributed by atoms with Gasteiger partial charge in [0.05, 0.1) is 29.2 Å². The van der Waals surface area contributed by atoms with Gasteiger partial charge in [-0.3, -0.25) is 9.89 Å². The molecule has 4 atom stereocenters. The van der Waals surface area contributed by atoms with Crippen LogP contribution in [0, 0.1) is 29.4 Å². The maximum atomic E-state index is 13.7. The Hall–Kier alpha value is -2.77. The van der Waals surface area contributed by atoms with Crippen LogP contribution in [0.3, 0.4) is 0 Å². The van der Waals surface area contributed by atoms with Crippen molar-refractivity contribution in [2.75, 3.05) is 5.32 Å². The number of nitrogens with zero attached hydrogens (tertiary/aromatic N) is 3. The van der Waals surface area contributed by atoms with Crippen molar-refractivity contribution < 1.29 is 13.6 Å². The van der Waals surface area contributed by atoms with Crippen LogP contribution in [0.25, 0.3) is 11.0 Å². The largest absolute Gasteiger partial charge is 0.327 e. The first kappa shape index (κ1) is 17.6. The van der Waals surface area contributed by atoms with E-state index >= 15 is 0 Å². The predicted octanol–water partition coefficient (Wildman–Crippen LogP) is 3.90. The first-order valence-electron chi connectivity index (χ1n) is 9.05. The van der Waals surface area contributed by atoms with Crippen molar-refractivity contribution in [3.8, 4) is 0 Å². The number of hydrogen-bond acceptors (Lipinski definition) is 3. The second-order valence-electron chi connectivity index (χ2n) is 7.44. The fraction of sp³-hybridized carbons (Fsp3) is 0.421. The molecule has 1 aromatic carbocycles. The number of fused-ring (bicyclic) bond motifs is 1. The van der Waals surface area contributed by atoms with Crippen molar-refractivity contribution in [3.63, 3.8) is 0 Å². The van der Waals surface area contributed by atoms with Crippen LogP contribution in [0.15, 0.2) is 30.9 Å². The van der Waals surface area contributed by atoms with Crippen LogP contribution in [0.2, 0.25) is 0 Å². The number of amides is 1. The summed E-state index contributed by atoms with van der Waals surface area (Å²) in [5, 5.41) is 9.37. The Labute approximate surface area is 155 Å². The molecule has 142 valence electrons. The Morgan fingerprint density at radius 2 is 2.11 bits per heavy atom. The maximum Gasteiger partial charge on any atom is 0.227 e. The first-order valence-corrected chi connectivity index (χ1v) is 9.05. The molecular weight excluding hydrogens is 352 g/mol. The summed E-state index contributed by atoms with van der Waals surface area (Å²) in [6.45, 7) is 4.06. The number of aromatic nitrogens is 4. The molecule has 2 heterocycles. The van der Waals surface area contributed by atoms with Crippen molar-refractivity contribution in [3.05, 3.63) is 42.5 Å². The lowest BCUT2D eigenvalue weighted by Crippen LogP contribution is -2.28. The SMILES string of the molecule is CC1CC(n2cnc3cc(F)c(F)cc32)CC1C(C)C(=O)Nc1cn[nH]c1. The molecule has 1 fully saturated rings. The highest BCUT2D eigenvalue weighted by Crippen LogP contribution is 2.44. The normalized spacial score (nSPS) is 23.6. The zero-order valence-corrected chi connectivity index (χ0v) is 15.1. The summed E-state index contributed by atoms with van der Waals surface area (Å²) >= 11 is 0. The number of carbonyl (C=O) groups is 1. The van der Waals surface area contributed by atoms with Crippen LogP contribution < -0.4 is 5.32 Å². The molecule has 0 bridgehead atoms. The average Bonchev–Trinajstić information content (AvgIpc) is 3.35. The van der Waals surface area contributed by atoms with E-state index in [-0.39, 0.29) is 23.8 Å². The minimum Gasteiger partial charge on any atom is -0.327 e. The van der Waals surface area contributed by atoms with Gasteiger partial charge in [0.15, 0.2) is 11.6 Å². The number of aromatic amines is 1. The van der Waals surface area contributed by atoms with Crippen LogP contribution >= 0.6 is 0 Å². The molecule has 2 N–H and O–H groups in total. The second kappa shape index (κ2) is 6.75. The van der Waals surface area contributed by atoms with Crippen LogP contribution in [-0.4, -0.2) is 25.7 Å². The molecule has 27 heavy (non-hydrogen) atoms. The summed E-state index contributed by atoms with van der Waals surface area (Å²) in [5.41, 5.74) is 1.67. The van der Waals surface area contributed by atoms with Crippen molar-refractivity contribution in [2.45, 2.75) is 32.7 Å². The minimum absolute atomic E-state index is 0.0440. The molecule has 4 rings (SSSR count). The van der Waals surface area contributed by atoms with Gasteiger partial charge in [0, 0.05) is 30.3 Å². The van der Waals surface area contributed by atoms with Gasteiger partial charge in [-0.25, -0.2) is 13.8 Å². The Kier molecular flexibility index (Phi) is 4.41. The molecule has 1 amide bonds. The van der Waals surface area contributed by atoms with E-state index in [9.17, 15) is 13.6 Å². The monoisotopic (exact) mass is 373 g/mol. The van der Waals surface area contributed by atoms with Crippen LogP contribution in [0.4, 0.5) is 14.5 Å². The highest BCUT2D eigenvalue weighted by Gasteiger charge is 2.38. The summed E-state index contributed by atoms with van der Waals surface area (Å²) in [7, 11) is 0. The van der Waals surface area contributed by atoms with Gasteiger partial charge in [-0.15, -0.1) is 0 Å². The Morgan fingerprint density at radius 1 is 1.33 bits per heavy atom. The van der Waals surface area contributed by atoms with E-state index in [1.807, 2.05) is 11.5 Å². The van der Waals surface area contributed by atoms with Crippen molar-refractivity contribution >= 4 is 22.6 Å². The van der Waals surface area contributed by atoms with Gasteiger partial charge < -0.3 is 9.88 Å². The maximum absolute atomic E-state index is 13.7. The first-order chi connectivity index (χ1) is 12.9. The number of H-pyrrole nitrogens is 1. The number of benzene rings is 1. The zero-order valence-electron chi connectivity index (χ0n) is 15.1.